The number of hydrogen-bond acceptors (Lipinski definition) is 4. The van der Waals surface area contributed by atoms with E-state index in [9.17, 15) is 4.79 Å². The van der Waals surface area contributed by atoms with E-state index in [1.165, 1.54) is 22.5 Å². The van der Waals surface area contributed by atoms with Gasteiger partial charge in [-0.25, -0.2) is 5.01 Å². The van der Waals surface area contributed by atoms with Gasteiger partial charge in [0.15, 0.2) is 0 Å². The number of carbonyl (C=O) groups excluding carboxylic acids is 1. The summed E-state index contributed by atoms with van der Waals surface area (Å²) in [6.07, 6.45) is 1.99. The molecule has 2 heterocycles. The molecular weight excluding hydrogens is 368 g/mol. The van der Waals surface area contributed by atoms with Crippen molar-refractivity contribution in [3.05, 3.63) is 87.6 Å². The Morgan fingerprint density at radius 1 is 1.11 bits per heavy atom. The van der Waals surface area contributed by atoms with Crippen molar-refractivity contribution in [1.82, 2.24) is 5.01 Å². The van der Waals surface area contributed by atoms with E-state index in [-0.39, 0.29) is 17.9 Å². The molecule has 3 aromatic rings. The van der Waals surface area contributed by atoms with Crippen molar-refractivity contribution >= 4 is 23.0 Å². The third-order valence-electron chi connectivity index (χ3n) is 5.63. The van der Waals surface area contributed by atoms with Crippen LogP contribution in [0.3, 0.4) is 0 Å². The number of nitrogens with zero attached hydrogens (tertiary/aromatic N) is 2. The second-order valence-electron chi connectivity index (χ2n) is 7.13. The Morgan fingerprint density at radius 2 is 1.93 bits per heavy atom. The first-order chi connectivity index (χ1) is 13.8. The predicted molar refractivity (Wildman–Crippen MR) is 111 cm³/mol. The molecule has 5 heteroatoms. The minimum Gasteiger partial charge on any atom is -0.497 e. The number of ether oxygens (including phenoxy) is 1. The van der Waals surface area contributed by atoms with Gasteiger partial charge in [0.2, 0.25) is 0 Å². The first-order valence-corrected chi connectivity index (χ1v) is 10.3. The number of hydrogen-bond donors (Lipinski definition) is 0. The average Bonchev–Trinajstić information content (AvgIpc) is 3.41. The summed E-state index contributed by atoms with van der Waals surface area (Å²) in [5.74, 6) is 0.982. The molecule has 0 saturated heterocycles. The zero-order valence-corrected chi connectivity index (χ0v) is 16.4. The molecule has 0 N–H and O–H groups in total. The maximum absolute atomic E-state index is 13.3. The van der Waals surface area contributed by atoms with Gasteiger partial charge in [0, 0.05) is 11.5 Å². The number of fused-ring (bicyclic) bond motifs is 3. The van der Waals surface area contributed by atoms with E-state index in [0.717, 1.165) is 34.7 Å². The Morgan fingerprint density at radius 3 is 2.68 bits per heavy atom. The van der Waals surface area contributed by atoms with Crippen LogP contribution in [0.4, 0.5) is 0 Å². The molecule has 0 radical (unpaired) electrons. The number of rotatable bonds is 3. The first-order valence-electron chi connectivity index (χ1n) is 9.44. The number of amides is 1. The normalized spacial score (nSPS) is 20.3. The Labute approximate surface area is 168 Å². The molecule has 1 aliphatic carbocycles. The van der Waals surface area contributed by atoms with Crippen LogP contribution in [-0.2, 0) is 6.42 Å². The monoisotopic (exact) mass is 388 g/mol. The van der Waals surface area contributed by atoms with Crippen molar-refractivity contribution in [3.8, 4) is 5.75 Å². The standard InChI is InChI=1S/C23H20N2O2S/c1-27-17-11-8-16(9-12-17)22-19-13-10-15-5-2-3-6-18(15)21(19)24-25(22)23(26)20-7-4-14-28-20/h2-9,11-12,14,19,22H,10,13H2,1H3/t19-,22+/m1/s1. The van der Waals surface area contributed by atoms with Gasteiger partial charge in [0.05, 0.1) is 23.7 Å². The highest BCUT2D eigenvalue weighted by atomic mass is 32.1. The molecule has 1 aliphatic heterocycles. The minimum absolute atomic E-state index is 0.0322. The SMILES string of the molecule is COc1ccc([C@H]2[C@@H]3CCc4ccccc4C3=NN2C(=O)c2cccs2)cc1. The van der Waals surface area contributed by atoms with Crippen molar-refractivity contribution in [1.29, 1.82) is 0 Å². The molecule has 2 atom stereocenters. The van der Waals surface area contributed by atoms with Crippen LogP contribution >= 0.6 is 11.3 Å². The number of methoxy groups -OCH3 is 1. The summed E-state index contributed by atoms with van der Waals surface area (Å²) in [5.41, 5.74) is 4.62. The Kier molecular flexibility index (Phi) is 4.24. The van der Waals surface area contributed by atoms with E-state index in [2.05, 4.69) is 36.4 Å². The van der Waals surface area contributed by atoms with Gasteiger partial charge in [-0.05, 0) is 47.5 Å². The number of hydrazone groups is 1. The van der Waals surface area contributed by atoms with E-state index in [1.807, 2.05) is 29.6 Å². The minimum atomic E-state index is -0.0936. The second-order valence-corrected chi connectivity index (χ2v) is 8.08. The fourth-order valence-electron chi connectivity index (χ4n) is 4.28. The zero-order chi connectivity index (χ0) is 19.1. The third-order valence-corrected chi connectivity index (χ3v) is 6.48. The maximum Gasteiger partial charge on any atom is 0.284 e. The highest BCUT2D eigenvalue weighted by Gasteiger charge is 2.44. The lowest BCUT2D eigenvalue weighted by Crippen LogP contribution is -2.32. The Balaban J connectivity index is 1.60. The molecule has 0 saturated carbocycles. The highest BCUT2D eigenvalue weighted by Crippen LogP contribution is 2.44. The van der Waals surface area contributed by atoms with E-state index >= 15 is 0 Å². The van der Waals surface area contributed by atoms with Gasteiger partial charge in [0.1, 0.15) is 5.75 Å². The Hall–Kier alpha value is -2.92. The molecule has 28 heavy (non-hydrogen) atoms. The number of aryl methyl sites for hydroxylation is 1. The highest BCUT2D eigenvalue weighted by molar-refractivity contribution is 7.12. The smallest absolute Gasteiger partial charge is 0.284 e. The molecule has 0 bridgehead atoms. The van der Waals surface area contributed by atoms with Crippen LogP contribution in [0.5, 0.6) is 5.75 Å². The lowest BCUT2D eigenvalue weighted by atomic mass is 9.77. The molecule has 2 aromatic carbocycles. The first kappa shape index (κ1) is 17.2. The topological polar surface area (TPSA) is 41.9 Å². The van der Waals surface area contributed by atoms with Crippen molar-refractivity contribution in [3.63, 3.8) is 0 Å². The molecule has 0 spiro atoms. The van der Waals surface area contributed by atoms with E-state index in [1.54, 1.807) is 12.1 Å². The lowest BCUT2D eigenvalue weighted by molar-refractivity contribution is 0.0686. The fraction of sp³-hybridized carbons (Fsp3) is 0.217. The van der Waals surface area contributed by atoms with Gasteiger partial charge < -0.3 is 4.74 Å². The van der Waals surface area contributed by atoms with Gasteiger partial charge >= 0.3 is 0 Å². The zero-order valence-electron chi connectivity index (χ0n) is 15.5. The molecule has 5 rings (SSSR count). The van der Waals surface area contributed by atoms with Crippen LogP contribution in [0, 0.1) is 5.92 Å². The maximum atomic E-state index is 13.3. The third kappa shape index (κ3) is 2.74. The molecule has 0 fully saturated rings. The van der Waals surface area contributed by atoms with Crippen LogP contribution < -0.4 is 4.74 Å². The largest absolute Gasteiger partial charge is 0.497 e. The van der Waals surface area contributed by atoms with E-state index in [4.69, 9.17) is 9.84 Å². The van der Waals surface area contributed by atoms with Gasteiger partial charge in [-0.1, -0.05) is 42.5 Å². The van der Waals surface area contributed by atoms with Crippen LogP contribution in [0.2, 0.25) is 0 Å². The summed E-state index contributed by atoms with van der Waals surface area (Å²) in [6.45, 7) is 0. The summed E-state index contributed by atoms with van der Waals surface area (Å²) in [6, 6.07) is 20.1. The second kappa shape index (κ2) is 6.91. The van der Waals surface area contributed by atoms with Crippen molar-refractivity contribution in [2.45, 2.75) is 18.9 Å². The summed E-state index contributed by atoms with van der Waals surface area (Å²) in [4.78, 5) is 14.0. The van der Waals surface area contributed by atoms with Crippen LogP contribution in [0.25, 0.3) is 0 Å². The summed E-state index contributed by atoms with van der Waals surface area (Å²) >= 11 is 1.46. The Bertz CT molecular complexity index is 1040. The van der Waals surface area contributed by atoms with Gasteiger partial charge in [-0.3, -0.25) is 4.79 Å². The molecule has 1 amide bonds. The van der Waals surface area contributed by atoms with Gasteiger partial charge in [-0.2, -0.15) is 5.10 Å². The lowest BCUT2D eigenvalue weighted by Gasteiger charge is -2.29. The van der Waals surface area contributed by atoms with Crippen LogP contribution in [-0.4, -0.2) is 23.7 Å². The number of thiophene rings is 1. The van der Waals surface area contributed by atoms with E-state index in [0.29, 0.717) is 0 Å². The molecule has 0 unspecified atom stereocenters. The van der Waals surface area contributed by atoms with Crippen molar-refractivity contribution in [2.24, 2.45) is 11.0 Å². The molecule has 2 aliphatic rings. The molecule has 140 valence electrons. The van der Waals surface area contributed by atoms with Crippen LogP contribution in [0.1, 0.15) is 38.8 Å². The van der Waals surface area contributed by atoms with Crippen molar-refractivity contribution < 1.29 is 9.53 Å². The molecule has 4 nitrogen and oxygen atoms in total. The van der Waals surface area contributed by atoms with E-state index < -0.39 is 0 Å². The molecule has 1 aromatic heterocycles. The average molecular weight is 388 g/mol. The quantitative estimate of drug-likeness (QED) is 0.639. The number of benzene rings is 2. The molecular formula is C23H20N2O2S. The summed E-state index contributed by atoms with van der Waals surface area (Å²) in [5, 5.41) is 8.52. The van der Waals surface area contributed by atoms with Crippen molar-refractivity contribution in [2.75, 3.05) is 7.11 Å². The summed E-state index contributed by atoms with van der Waals surface area (Å²) < 4.78 is 5.31. The number of carbonyl (C=O) groups is 1. The van der Waals surface area contributed by atoms with Crippen LogP contribution in [0.15, 0.2) is 71.1 Å². The fourth-order valence-corrected chi connectivity index (χ4v) is 4.93. The van der Waals surface area contributed by atoms with Gasteiger partial charge in [0.25, 0.3) is 5.91 Å². The summed E-state index contributed by atoms with van der Waals surface area (Å²) in [7, 11) is 1.66. The van der Waals surface area contributed by atoms with Gasteiger partial charge in [-0.15, -0.1) is 11.3 Å². The predicted octanol–water partition coefficient (Wildman–Crippen LogP) is 4.92.